The van der Waals surface area contributed by atoms with Crippen molar-refractivity contribution in [2.24, 2.45) is 5.92 Å². The number of aliphatic hydroxyl groups excluding tert-OH is 1. The molecule has 1 atom stereocenters. The number of benzene rings is 1. The lowest BCUT2D eigenvalue weighted by molar-refractivity contribution is 0.155. The first-order valence-electron chi connectivity index (χ1n) is 7.25. The molecule has 0 aromatic heterocycles. The van der Waals surface area contributed by atoms with E-state index in [-0.39, 0.29) is 6.10 Å². The molecule has 0 spiro atoms. The number of hydrogen-bond donors (Lipinski definition) is 2. The van der Waals surface area contributed by atoms with Crippen molar-refractivity contribution in [1.82, 2.24) is 0 Å². The van der Waals surface area contributed by atoms with Gasteiger partial charge in [0.25, 0.3) is 0 Å². The van der Waals surface area contributed by atoms with Crippen LogP contribution in [0.25, 0.3) is 0 Å². The second-order valence-electron chi connectivity index (χ2n) is 5.60. The van der Waals surface area contributed by atoms with Crippen molar-refractivity contribution < 1.29 is 9.84 Å². The molecule has 1 unspecified atom stereocenters. The van der Waals surface area contributed by atoms with E-state index in [4.69, 9.17) is 4.74 Å². The molecule has 19 heavy (non-hydrogen) atoms. The van der Waals surface area contributed by atoms with Crippen LogP contribution < -0.4 is 10.1 Å². The first kappa shape index (κ1) is 14.2. The van der Waals surface area contributed by atoms with Crippen LogP contribution in [0.3, 0.4) is 0 Å². The number of aryl methyl sites for hydroxylation is 1. The summed E-state index contributed by atoms with van der Waals surface area (Å²) in [7, 11) is 1.67. The van der Waals surface area contributed by atoms with E-state index in [2.05, 4.69) is 5.32 Å². The van der Waals surface area contributed by atoms with E-state index in [1.807, 2.05) is 25.1 Å². The molecular weight excluding hydrogens is 238 g/mol. The summed E-state index contributed by atoms with van der Waals surface area (Å²) in [6.07, 6.45) is 5.94. The van der Waals surface area contributed by atoms with Gasteiger partial charge < -0.3 is 15.2 Å². The number of ether oxygens (including phenoxy) is 1. The Labute approximate surface area is 116 Å². The lowest BCUT2D eigenvalue weighted by Gasteiger charge is -2.17. The number of rotatable bonds is 6. The van der Waals surface area contributed by atoms with E-state index in [9.17, 15) is 5.11 Å². The van der Waals surface area contributed by atoms with Gasteiger partial charge in [-0.25, -0.2) is 0 Å². The third-order valence-electron chi connectivity index (χ3n) is 4.04. The Morgan fingerprint density at radius 3 is 2.74 bits per heavy atom. The third-order valence-corrected chi connectivity index (χ3v) is 4.04. The van der Waals surface area contributed by atoms with Crippen LogP contribution in [0.1, 0.15) is 37.7 Å². The van der Waals surface area contributed by atoms with Crippen molar-refractivity contribution >= 4 is 5.69 Å². The fourth-order valence-corrected chi connectivity index (χ4v) is 2.90. The first-order valence-corrected chi connectivity index (χ1v) is 7.25. The fraction of sp³-hybridized carbons (Fsp3) is 0.625. The highest BCUT2D eigenvalue weighted by atomic mass is 16.5. The molecule has 106 valence electrons. The van der Waals surface area contributed by atoms with E-state index in [0.717, 1.165) is 29.3 Å². The highest BCUT2D eigenvalue weighted by Gasteiger charge is 2.18. The van der Waals surface area contributed by atoms with Gasteiger partial charge in [0.2, 0.25) is 0 Å². The summed E-state index contributed by atoms with van der Waals surface area (Å²) in [6, 6.07) is 5.96. The molecule has 2 N–H and O–H groups in total. The van der Waals surface area contributed by atoms with Gasteiger partial charge in [0.1, 0.15) is 5.75 Å². The maximum atomic E-state index is 10.1. The number of aliphatic hydroxyl groups is 1. The molecule has 3 heteroatoms. The second kappa shape index (κ2) is 6.80. The van der Waals surface area contributed by atoms with E-state index in [1.165, 1.54) is 25.7 Å². The number of anilines is 1. The predicted octanol–water partition coefficient (Wildman–Crippen LogP) is 3.36. The minimum Gasteiger partial charge on any atom is -0.497 e. The molecule has 0 amide bonds. The zero-order valence-electron chi connectivity index (χ0n) is 12.0. The molecule has 3 nitrogen and oxygen atoms in total. The summed E-state index contributed by atoms with van der Waals surface area (Å²) < 4.78 is 5.19. The van der Waals surface area contributed by atoms with Gasteiger partial charge in [-0.1, -0.05) is 25.7 Å². The number of methoxy groups -OCH3 is 1. The quantitative estimate of drug-likeness (QED) is 0.827. The van der Waals surface area contributed by atoms with Crippen LogP contribution in [-0.2, 0) is 0 Å². The van der Waals surface area contributed by atoms with Crippen LogP contribution >= 0.6 is 0 Å². The lowest BCUT2D eigenvalue weighted by Crippen LogP contribution is -2.22. The molecule has 0 heterocycles. The molecule has 1 aliphatic carbocycles. The Balaban J connectivity index is 1.80. The van der Waals surface area contributed by atoms with Crippen LogP contribution in [0.4, 0.5) is 5.69 Å². The zero-order valence-corrected chi connectivity index (χ0v) is 12.0. The molecule has 1 aromatic carbocycles. The Bertz CT molecular complexity index is 400. The highest BCUT2D eigenvalue weighted by molar-refractivity contribution is 5.53. The minimum absolute atomic E-state index is 0.246. The normalized spacial score (nSPS) is 17.4. The molecule has 0 bridgehead atoms. The molecule has 0 aliphatic heterocycles. The summed E-state index contributed by atoms with van der Waals surface area (Å²) in [6.45, 7) is 2.68. The largest absolute Gasteiger partial charge is 0.497 e. The van der Waals surface area contributed by atoms with Crippen molar-refractivity contribution in [3.05, 3.63) is 23.8 Å². The highest BCUT2D eigenvalue weighted by Crippen LogP contribution is 2.28. The van der Waals surface area contributed by atoms with E-state index in [0.29, 0.717) is 6.54 Å². The van der Waals surface area contributed by atoms with Crippen molar-refractivity contribution in [2.75, 3.05) is 19.0 Å². The van der Waals surface area contributed by atoms with Crippen LogP contribution in [0.2, 0.25) is 0 Å². The third kappa shape index (κ3) is 4.13. The van der Waals surface area contributed by atoms with E-state index in [1.54, 1.807) is 7.11 Å². The van der Waals surface area contributed by atoms with Gasteiger partial charge >= 0.3 is 0 Å². The Kier molecular flexibility index (Phi) is 5.08. The summed E-state index contributed by atoms with van der Waals surface area (Å²) in [5, 5.41) is 13.4. The Hall–Kier alpha value is -1.22. The van der Waals surface area contributed by atoms with Gasteiger partial charge in [-0.3, -0.25) is 0 Å². The molecular formula is C16H25NO2. The van der Waals surface area contributed by atoms with Crippen molar-refractivity contribution in [2.45, 2.75) is 45.1 Å². The molecule has 0 saturated heterocycles. The van der Waals surface area contributed by atoms with Crippen LogP contribution in [-0.4, -0.2) is 24.9 Å². The zero-order chi connectivity index (χ0) is 13.7. The predicted molar refractivity (Wildman–Crippen MR) is 78.8 cm³/mol. The van der Waals surface area contributed by atoms with Crippen LogP contribution in [0, 0.1) is 12.8 Å². The minimum atomic E-state index is -0.246. The SMILES string of the molecule is COc1ccc(NCC(O)CC2CCCC2)c(C)c1. The number of nitrogens with one attached hydrogen (secondary N) is 1. The average molecular weight is 263 g/mol. The first-order chi connectivity index (χ1) is 9.19. The maximum absolute atomic E-state index is 10.1. The second-order valence-corrected chi connectivity index (χ2v) is 5.60. The Morgan fingerprint density at radius 1 is 1.37 bits per heavy atom. The molecule has 2 rings (SSSR count). The molecule has 1 aromatic rings. The lowest BCUT2D eigenvalue weighted by atomic mass is 10.00. The van der Waals surface area contributed by atoms with Gasteiger partial charge in [-0.2, -0.15) is 0 Å². The van der Waals surface area contributed by atoms with Crippen molar-refractivity contribution in [1.29, 1.82) is 0 Å². The smallest absolute Gasteiger partial charge is 0.119 e. The fourth-order valence-electron chi connectivity index (χ4n) is 2.90. The Morgan fingerprint density at radius 2 is 2.11 bits per heavy atom. The van der Waals surface area contributed by atoms with E-state index < -0.39 is 0 Å². The van der Waals surface area contributed by atoms with E-state index >= 15 is 0 Å². The van der Waals surface area contributed by atoms with Gasteiger partial charge in [-0.05, 0) is 43.0 Å². The monoisotopic (exact) mass is 263 g/mol. The standard InChI is InChI=1S/C16H25NO2/c1-12-9-15(19-2)7-8-16(12)17-11-14(18)10-13-5-3-4-6-13/h7-9,13-14,17-18H,3-6,10-11H2,1-2H3. The van der Waals surface area contributed by atoms with Gasteiger partial charge in [0, 0.05) is 12.2 Å². The molecule has 1 fully saturated rings. The summed E-state index contributed by atoms with van der Waals surface area (Å²) in [5.41, 5.74) is 2.22. The molecule has 1 saturated carbocycles. The van der Waals surface area contributed by atoms with Crippen LogP contribution in [0.5, 0.6) is 5.75 Å². The summed E-state index contributed by atoms with van der Waals surface area (Å²) in [5.74, 6) is 1.60. The van der Waals surface area contributed by atoms with Gasteiger partial charge in [0.05, 0.1) is 13.2 Å². The van der Waals surface area contributed by atoms with Crippen LogP contribution in [0.15, 0.2) is 18.2 Å². The number of hydrogen-bond acceptors (Lipinski definition) is 3. The maximum Gasteiger partial charge on any atom is 0.119 e. The topological polar surface area (TPSA) is 41.5 Å². The summed E-state index contributed by atoms with van der Waals surface area (Å²) in [4.78, 5) is 0. The van der Waals surface area contributed by atoms with Gasteiger partial charge in [0.15, 0.2) is 0 Å². The van der Waals surface area contributed by atoms with Crippen molar-refractivity contribution in [3.8, 4) is 5.75 Å². The van der Waals surface area contributed by atoms with Gasteiger partial charge in [-0.15, -0.1) is 0 Å². The summed E-state index contributed by atoms with van der Waals surface area (Å²) >= 11 is 0. The van der Waals surface area contributed by atoms with Crippen molar-refractivity contribution in [3.63, 3.8) is 0 Å². The molecule has 0 radical (unpaired) electrons. The molecule has 1 aliphatic rings. The average Bonchev–Trinajstić information content (AvgIpc) is 2.90.